The highest BCUT2D eigenvalue weighted by Crippen LogP contribution is 2.08. The van der Waals surface area contributed by atoms with Gasteiger partial charge in [0.1, 0.15) is 0 Å². The van der Waals surface area contributed by atoms with Crippen molar-refractivity contribution < 1.29 is 5.11 Å². The largest absolute Gasteiger partial charge is 0.395 e. The summed E-state index contributed by atoms with van der Waals surface area (Å²) < 4.78 is 0. The van der Waals surface area contributed by atoms with Gasteiger partial charge in [0.05, 0.1) is 6.61 Å². The molecule has 66 valence electrons. The van der Waals surface area contributed by atoms with E-state index in [1.165, 1.54) is 5.56 Å². The monoisotopic (exact) mass is 166 g/mol. The highest BCUT2D eigenvalue weighted by atomic mass is 16.3. The van der Waals surface area contributed by atoms with Crippen LogP contribution >= 0.6 is 0 Å². The van der Waals surface area contributed by atoms with Crippen molar-refractivity contribution in [3.8, 4) is 0 Å². The Kier molecular flexibility index (Phi) is 3.70. The molecule has 1 aromatic rings. The van der Waals surface area contributed by atoms with Gasteiger partial charge in [-0.2, -0.15) is 0 Å². The van der Waals surface area contributed by atoms with Crippen molar-refractivity contribution in [1.82, 2.24) is 10.3 Å². The first-order valence-electron chi connectivity index (χ1n) is 4.08. The zero-order valence-corrected chi connectivity index (χ0v) is 7.20. The molecule has 1 rings (SSSR count). The van der Waals surface area contributed by atoms with Gasteiger partial charge in [0.2, 0.25) is 0 Å². The molecule has 0 spiro atoms. The smallest absolute Gasteiger partial charge is 0.0556 e. The number of aliphatic hydroxyl groups excluding tert-OH is 1. The minimum Gasteiger partial charge on any atom is -0.395 e. The van der Waals surface area contributed by atoms with E-state index in [9.17, 15) is 0 Å². The third-order valence-electron chi connectivity index (χ3n) is 1.77. The lowest BCUT2D eigenvalue weighted by molar-refractivity contribution is 0.286. The first-order valence-corrected chi connectivity index (χ1v) is 4.08. The number of rotatable bonds is 4. The molecule has 3 heteroatoms. The fourth-order valence-electron chi connectivity index (χ4n) is 1.05. The molecular formula is C9H14N2O. The summed E-state index contributed by atoms with van der Waals surface area (Å²) in [6.07, 6.45) is 3.54. The quantitative estimate of drug-likeness (QED) is 0.693. The fraction of sp³-hybridized carbons (Fsp3) is 0.444. The van der Waals surface area contributed by atoms with Gasteiger partial charge in [-0.1, -0.05) is 0 Å². The van der Waals surface area contributed by atoms with Crippen LogP contribution < -0.4 is 5.32 Å². The van der Waals surface area contributed by atoms with Crippen LogP contribution in [0.1, 0.15) is 18.5 Å². The Morgan fingerprint density at radius 1 is 1.50 bits per heavy atom. The van der Waals surface area contributed by atoms with E-state index in [1.54, 1.807) is 12.4 Å². The van der Waals surface area contributed by atoms with Crippen LogP contribution in [-0.4, -0.2) is 23.2 Å². The van der Waals surface area contributed by atoms with E-state index < -0.39 is 0 Å². The number of aliphatic hydroxyl groups is 1. The van der Waals surface area contributed by atoms with E-state index >= 15 is 0 Å². The second kappa shape index (κ2) is 4.85. The highest BCUT2D eigenvalue weighted by molar-refractivity contribution is 5.13. The second-order valence-corrected chi connectivity index (χ2v) is 2.68. The molecule has 0 fully saturated rings. The Hall–Kier alpha value is -0.930. The van der Waals surface area contributed by atoms with Crippen LogP contribution in [0.3, 0.4) is 0 Å². The van der Waals surface area contributed by atoms with Gasteiger partial charge in [-0.05, 0) is 24.6 Å². The fourth-order valence-corrected chi connectivity index (χ4v) is 1.05. The average molecular weight is 166 g/mol. The zero-order chi connectivity index (χ0) is 8.81. The van der Waals surface area contributed by atoms with Gasteiger partial charge in [-0.25, -0.2) is 0 Å². The molecule has 0 aromatic carbocycles. The molecule has 0 unspecified atom stereocenters. The van der Waals surface area contributed by atoms with Crippen molar-refractivity contribution in [2.24, 2.45) is 0 Å². The molecule has 0 aliphatic rings. The van der Waals surface area contributed by atoms with Gasteiger partial charge in [0.25, 0.3) is 0 Å². The first kappa shape index (κ1) is 9.16. The number of nitrogens with one attached hydrogen (secondary N) is 1. The topological polar surface area (TPSA) is 45.1 Å². The maximum Gasteiger partial charge on any atom is 0.0556 e. The predicted octanol–water partition coefficient (Wildman–Crippen LogP) is 0.724. The summed E-state index contributed by atoms with van der Waals surface area (Å²) in [5, 5.41) is 11.8. The highest BCUT2D eigenvalue weighted by Gasteiger charge is 2.01. The van der Waals surface area contributed by atoms with Crippen LogP contribution in [0.5, 0.6) is 0 Å². The van der Waals surface area contributed by atoms with Gasteiger partial charge in [-0.3, -0.25) is 4.98 Å². The Morgan fingerprint density at radius 3 is 2.75 bits per heavy atom. The molecule has 3 nitrogen and oxygen atoms in total. The predicted molar refractivity (Wildman–Crippen MR) is 47.7 cm³/mol. The molecule has 0 aliphatic heterocycles. The molecule has 12 heavy (non-hydrogen) atoms. The molecule has 1 atom stereocenters. The summed E-state index contributed by atoms with van der Waals surface area (Å²) in [5.74, 6) is 0. The summed E-state index contributed by atoms with van der Waals surface area (Å²) in [5.41, 5.74) is 1.19. The van der Waals surface area contributed by atoms with E-state index in [0.717, 1.165) is 0 Å². The molecule has 0 radical (unpaired) electrons. The summed E-state index contributed by atoms with van der Waals surface area (Å²) in [6, 6.07) is 4.21. The summed E-state index contributed by atoms with van der Waals surface area (Å²) in [4.78, 5) is 3.93. The first-order chi connectivity index (χ1) is 5.84. The second-order valence-electron chi connectivity index (χ2n) is 2.68. The van der Waals surface area contributed by atoms with Gasteiger partial charge >= 0.3 is 0 Å². The third kappa shape index (κ3) is 2.60. The number of pyridine rings is 1. The van der Waals surface area contributed by atoms with E-state index in [2.05, 4.69) is 17.2 Å². The SMILES string of the molecule is C[C@@H](NCCO)c1ccncc1. The maximum absolute atomic E-state index is 8.59. The van der Waals surface area contributed by atoms with Gasteiger partial charge in [-0.15, -0.1) is 0 Å². The van der Waals surface area contributed by atoms with Crippen molar-refractivity contribution in [3.63, 3.8) is 0 Å². The summed E-state index contributed by atoms with van der Waals surface area (Å²) in [6.45, 7) is 2.86. The van der Waals surface area contributed by atoms with Crippen molar-refractivity contribution >= 4 is 0 Å². The van der Waals surface area contributed by atoms with Gasteiger partial charge in [0, 0.05) is 25.0 Å². The molecule has 0 aliphatic carbocycles. The number of nitrogens with zero attached hydrogens (tertiary/aromatic N) is 1. The molecule has 0 saturated carbocycles. The molecule has 0 saturated heterocycles. The number of hydrogen-bond donors (Lipinski definition) is 2. The van der Waals surface area contributed by atoms with Crippen LogP contribution in [0.25, 0.3) is 0 Å². The van der Waals surface area contributed by atoms with Crippen molar-refractivity contribution in [3.05, 3.63) is 30.1 Å². The van der Waals surface area contributed by atoms with Crippen LogP contribution in [-0.2, 0) is 0 Å². The van der Waals surface area contributed by atoms with E-state index in [-0.39, 0.29) is 12.6 Å². The number of aromatic nitrogens is 1. The van der Waals surface area contributed by atoms with E-state index in [1.807, 2.05) is 12.1 Å². The van der Waals surface area contributed by atoms with E-state index in [4.69, 9.17) is 5.11 Å². The molecule has 2 N–H and O–H groups in total. The molecule has 0 bridgehead atoms. The zero-order valence-electron chi connectivity index (χ0n) is 7.20. The van der Waals surface area contributed by atoms with Crippen LogP contribution in [0.15, 0.2) is 24.5 Å². The Labute approximate surface area is 72.5 Å². The minimum atomic E-state index is 0.176. The Bertz CT molecular complexity index is 213. The lowest BCUT2D eigenvalue weighted by Gasteiger charge is -2.12. The third-order valence-corrected chi connectivity index (χ3v) is 1.77. The van der Waals surface area contributed by atoms with Crippen LogP contribution in [0.4, 0.5) is 0 Å². The van der Waals surface area contributed by atoms with Crippen LogP contribution in [0, 0.1) is 0 Å². The maximum atomic E-state index is 8.59. The van der Waals surface area contributed by atoms with Crippen molar-refractivity contribution in [1.29, 1.82) is 0 Å². The Morgan fingerprint density at radius 2 is 2.17 bits per heavy atom. The average Bonchev–Trinajstić information content (AvgIpc) is 2.15. The summed E-state index contributed by atoms with van der Waals surface area (Å²) in [7, 11) is 0. The number of hydrogen-bond acceptors (Lipinski definition) is 3. The standard InChI is InChI=1S/C9H14N2O/c1-8(11-6-7-12)9-2-4-10-5-3-9/h2-5,8,11-12H,6-7H2,1H3/t8-/m1/s1. The van der Waals surface area contributed by atoms with Crippen LogP contribution in [0.2, 0.25) is 0 Å². The van der Waals surface area contributed by atoms with Crippen molar-refractivity contribution in [2.75, 3.05) is 13.2 Å². The Balaban J connectivity index is 2.48. The van der Waals surface area contributed by atoms with Crippen molar-refractivity contribution in [2.45, 2.75) is 13.0 Å². The van der Waals surface area contributed by atoms with Gasteiger partial charge < -0.3 is 10.4 Å². The minimum absolute atomic E-state index is 0.176. The lowest BCUT2D eigenvalue weighted by atomic mass is 10.1. The molecular weight excluding hydrogens is 152 g/mol. The molecule has 1 heterocycles. The molecule has 0 amide bonds. The molecule has 1 aromatic heterocycles. The van der Waals surface area contributed by atoms with Gasteiger partial charge in [0.15, 0.2) is 0 Å². The van der Waals surface area contributed by atoms with E-state index in [0.29, 0.717) is 6.54 Å². The normalized spacial score (nSPS) is 12.8. The lowest BCUT2D eigenvalue weighted by Crippen LogP contribution is -2.21. The summed E-state index contributed by atoms with van der Waals surface area (Å²) >= 11 is 0.